The quantitative estimate of drug-likeness (QED) is 0.837. The van der Waals surface area contributed by atoms with Crippen molar-refractivity contribution in [2.45, 2.75) is 33.3 Å². The Bertz CT molecular complexity index is 771. The number of nitrogens with zero attached hydrogens (tertiary/aromatic N) is 4. The largest absolute Gasteiger partial charge is 0.443 e. The van der Waals surface area contributed by atoms with Crippen LogP contribution in [0.3, 0.4) is 0 Å². The van der Waals surface area contributed by atoms with Gasteiger partial charge in [0.15, 0.2) is 0 Å². The van der Waals surface area contributed by atoms with E-state index in [-0.39, 0.29) is 0 Å². The fourth-order valence-corrected chi connectivity index (χ4v) is 2.85. The Hall–Kier alpha value is -2.46. The average Bonchev–Trinajstić information content (AvgIpc) is 2.86. The second kappa shape index (κ2) is 6.34. The normalized spacial score (nSPS) is 11.0. The van der Waals surface area contributed by atoms with Gasteiger partial charge in [-0.05, 0) is 33.8 Å². The van der Waals surface area contributed by atoms with Gasteiger partial charge < -0.3 is 4.74 Å². The van der Waals surface area contributed by atoms with Crippen molar-refractivity contribution in [2.75, 3.05) is 11.9 Å². The summed E-state index contributed by atoms with van der Waals surface area (Å²) in [7, 11) is 1.66. The zero-order valence-corrected chi connectivity index (χ0v) is 14.6. The number of carbonyl (C=O) groups is 1. The van der Waals surface area contributed by atoms with E-state index in [9.17, 15) is 4.79 Å². The smallest absolute Gasteiger partial charge is 0.415 e. The van der Waals surface area contributed by atoms with Crippen LogP contribution in [-0.2, 0) is 4.74 Å². The van der Waals surface area contributed by atoms with Gasteiger partial charge in [-0.25, -0.2) is 9.78 Å². The van der Waals surface area contributed by atoms with Gasteiger partial charge in [0.25, 0.3) is 0 Å². The van der Waals surface area contributed by atoms with Crippen molar-refractivity contribution in [2.24, 2.45) is 0 Å². The van der Waals surface area contributed by atoms with Crippen molar-refractivity contribution in [1.29, 1.82) is 5.26 Å². The Morgan fingerprint density at radius 1 is 1.39 bits per heavy atom. The molecule has 23 heavy (non-hydrogen) atoms. The number of thiazole rings is 1. The molecule has 0 atom stereocenters. The summed E-state index contributed by atoms with van der Waals surface area (Å²) in [5.74, 6) is 0. The van der Waals surface area contributed by atoms with Gasteiger partial charge in [0.1, 0.15) is 21.7 Å². The number of hydrogen-bond acceptors (Lipinski definition) is 6. The highest BCUT2D eigenvalue weighted by Gasteiger charge is 2.24. The van der Waals surface area contributed by atoms with Crippen molar-refractivity contribution in [3.8, 4) is 16.6 Å². The first-order chi connectivity index (χ1) is 10.7. The molecule has 0 aliphatic heterocycles. The van der Waals surface area contributed by atoms with E-state index >= 15 is 0 Å². The number of rotatable bonds is 2. The lowest BCUT2D eigenvalue weighted by atomic mass is 10.2. The molecule has 0 aliphatic rings. The Balaban J connectivity index is 2.31. The van der Waals surface area contributed by atoms with Crippen LogP contribution in [0.25, 0.3) is 10.6 Å². The maximum atomic E-state index is 12.2. The zero-order chi connectivity index (χ0) is 17.2. The van der Waals surface area contributed by atoms with Crippen molar-refractivity contribution >= 4 is 22.4 Å². The number of ether oxygens (including phenoxy) is 1. The lowest BCUT2D eigenvalue weighted by molar-refractivity contribution is 0.0590. The molecule has 0 bridgehead atoms. The Morgan fingerprint density at radius 3 is 2.70 bits per heavy atom. The van der Waals surface area contributed by atoms with E-state index in [1.165, 1.54) is 22.4 Å². The Labute approximate surface area is 139 Å². The highest BCUT2D eigenvalue weighted by Crippen LogP contribution is 2.34. The van der Waals surface area contributed by atoms with E-state index < -0.39 is 11.7 Å². The molecule has 0 spiro atoms. The molecule has 120 valence electrons. The van der Waals surface area contributed by atoms with E-state index in [0.717, 1.165) is 11.3 Å². The first-order valence-electron chi connectivity index (χ1n) is 7.01. The molecule has 6 nitrogen and oxygen atoms in total. The third-order valence-corrected chi connectivity index (χ3v) is 4.14. The molecule has 1 amide bonds. The molecule has 2 aromatic rings. The first kappa shape index (κ1) is 16.9. The molecule has 0 fully saturated rings. The van der Waals surface area contributed by atoms with Gasteiger partial charge in [-0.15, -0.1) is 0 Å². The highest BCUT2D eigenvalue weighted by molar-refractivity contribution is 7.19. The van der Waals surface area contributed by atoms with Crippen molar-refractivity contribution in [3.63, 3.8) is 0 Å². The summed E-state index contributed by atoms with van der Waals surface area (Å²) >= 11 is 1.36. The van der Waals surface area contributed by atoms with Gasteiger partial charge in [0.2, 0.25) is 0 Å². The second-order valence-electron chi connectivity index (χ2n) is 6.02. The minimum atomic E-state index is -0.558. The number of nitriles is 1. The molecular formula is C16H18N4O2S. The molecule has 0 aromatic carbocycles. The van der Waals surface area contributed by atoms with Gasteiger partial charge in [-0.1, -0.05) is 11.3 Å². The lowest BCUT2D eigenvalue weighted by Gasteiger charge is -2.23. The third kappa shape index (κ3) is 4.05. The zero-order valence-electron chi connectivity index (χ0n) is 13.7. The molecule has 0 unspecified atom stereocenters. The predicted molar refractivity (Wildman–Crippen MR) is 89.4 cm³/mol. The molecule has 0 aliphatic carbocycles. The predicted octanol–water partition coefficient (Wildman–Crippen LogP) is 3.76. The fourth-order valence-electron chi connectivity index (χ4n) is 1.85. The summed E-state index contributed by atoms with van der Waals surface area (Å²) in [5.41, 5.74) is 1.39. The highest BCUT2D eigenvalue weighted by atomic mass is 32.1. The van der Waals surface area contributed by atoms with E-state index in [0.29, 0.717) is 15.6 Å². The van der Waals surface area contributed by atoms with Gasteiger partial charge in [-0.3, -0.25) is 9.88 Å². The van der Waals surface area contributed by atoms with Crippen LogP contribution < -0.4 is 4.90 Å². The monoisotopic (exact) mass is 330 g/mol. The van der Waals surface area contributed by atoms with Crippen molar-refractivity contribution in [1.82, 2.24) is 9.97 Å². The number of aromatic nitrogens is 2. The molecule has 2 aromatic heterocycles. The first-order valence-corrected chi connectivity index (χ1v) is 7.82. The summed E-state index contributed by atoms with van der Waals surface area (Å²) in [6.45, 7) is 7.30. The van der Waals surface area contributed by atoms with E-state index in [1.807, 2.05) is 27.7 Å². The Morgan fingerprint density at radius 2 is 2.09 bits per heavy atom. The summed E-state index contributed by atoms with van der Waals surface area (Å²) in [4.78, 5) is 22.1. The minimum Gasteiger partial charge on any atom is -0.443 e. The second-order valence-corrected chi connectivity index (χ2v) is 7.00. The summed E-state index contributed by atoms with van der Waals surface area (Å²) in [6, 6.07) is 3.78. The fraction of sp³-hybridized carbons (Fsp3) is 0.375. The molecule has 7 heteroatoms. The standard InChI is InChI=1S/C16H18N4O2S/c1-10-14(20(5)15(21)22-16(2,3)4)23-13(19-10)12-6-11(7-17)8-18-9-12/h6,8-9H,1-5H3. The van der Waals surface area contributed by atoms with Crippen LogP contribution in [0.5, 0.6) is 0 Å². The van der Waals surface area contributed by atoms with Gasteiger partial charge in [0.05, 0.1) is 11.3 Å². The Kier molecular flexibility index (Phi) is 4.66. The number of pyridine rings is 1. The van der Waals surface area contributed by atoms with Crippen LogP contribution >= 0.6 is 11.3 Å². The van der Waals surface area contributed by atoms with Gasteiger partial charge in [-0.2, -0.15) is 5.26 Å². The lowest BCUT2D eigenvalue weighted by Crippen LogP contribution is -2.34. The van der Waals surface area contributed by atoms with Crippen molar-refractivity contribution < 1.29 is 9.53 Å². The van der Waals surface area contributed by atoms with Crippen LogP contribution in [-0.4, -0.2) is 28.7 Å². The van der Waals surface area contributed by atoms with E-state index in [2.05, 4.69) is 16.0 Å². The molecule has 2 rings (SSSR count). The van der Waals surface area contributed by atoms with E-state index in [4.69, 9.17) is 10.00 Å². The van der Waals surface area contributed by atoms with Crippen LogP contribution in [0.1, 0.15) is 32.0 Å². The molecule has 2 heterocycles. The van der Waals surface area contributed by atoms with Crippen LogP contribution in [0.2, 0.25) is 0 Å². The number of amides is 1. The summed E-state index contributed by atoms with van der Waals surface area (Å²) in [5, 5.41) is 10.4. The van der Waals surface area contributed by atoms with Crippen LogP contribution in [0, 0.1) is 18.3 Å². The van der Waals surface area contributed by atoms with E-state index in [1.54, 1.807) is 19.3 Å². The maximum absolute atomic E-state index is 12.2. The molecule has 0 N–H and O–H groups in total. The number of anilines is 1. The number of aryl methyl sites for hydroxylation is 1. The molecule has 0 radical (unpaired) electrons. The number of hydrogen-bond donors (Lipinski definition) is 0. The molecule has 0 saturated heterocycles. The van der Waals surface area contributed by atoms with Crippen LogP contribution in [0.15, 0.2) is 18.5 Å². The van der Waals surface area contributed by atoms with Gasteiger partial charge in [0, 0.05) is 25.0 Å². The molecular weight excluding hydrogens is 312 g/mol. The van der Waals surface area contributed by atoms with Gasteiger partial charge >= 0.3 is 6.09 Å². The SMILES string of the molecule is Cc1nc(-c2cncc(C#N)c2)sc1N(C)C(=O)OC(C)(C)C. The summed E-state index contributed by atoms with van der Waals surface area (Å²) < 4.78 is 5.37. The minimum absolute atomic E-state index is 0.431. The maximum Gasteiger partial charge on any atom is 0.415 e. The third-order valence-electron chi connectivity index (χ3n) is 2.86. The van der Waals surface area contributed by atoms with Crippen LogP contribution in [0.4, 0.5) is 9.80 Å². The topological polar surface area (TPSA) is 79.1 Å². The van der Waals surface area contributed by atoms with Crippen molar-refractivity contribution in [3.05, 3.63) is 29.7 Å². The number of carbonyl (C=O) groups excluding carboxylic acids is 1. The summed E-state index contributed by atoms with van der Waals surface area (Å²) in [6.07, 6.45) is 2.72. The average molecular weight is 330 g/mol. The molecule has 0 saturated carbocycles.